The largest absolute Gasteiger partial charge is 0.416 e. The summed E-state index contributed by atoms with van der Waals surface area (Å²) in [4.78, 5) is 27.4. The zero-order valence-corrected chi connectivity index (χ0v) is 18.0. The van der Waals surface area contributed by atoms with Crippen LogP contribution in [0.25, 0.3) is 0 Å². The molecule has 0 aromatic heterocycles. The molecule has 8 heteroatoms. The predicted molar refractivity (Wildman–Crippen MR) is 113 cm³/mol. The SMILES string of the molecule is CC(C)CNC(=O)C1CN(C(=O)c2ccc(Cl)cc2)CC1c1cccc(C(F)(F)F)c1. The van der Waals surface area contributed by atoms with E-state index in [1.54, 1.807) is 30.3 Å². The molecule has 1 aliphatic rings. The van der Waals surface area contributed by atoms with E-state index in [4.69, 9.17) is 11.6 Å². The van der Waals surface area contributed by atoms with Crippen molar-refractivity contribution in [1.29, 1.82) is 0 Å². The summed E-state index contributed by atoms with van der Waals surface area (Å²) >= 11 is 5.89. The fourth-order valence-corrected chi connectivity index (χ4v) is 3.86. The fourth-order valence-electron chi connectivity index (χ4n) is 3.73. The van der Waals surface area contributed by atoms with Gasteiger partial charge >= 0.3 is 6.18 Å². The van der Waals surface area contributed by atoms with Crippen molar-refractivity contribution in [3.8, 4) is 0 Å². The zero-order valence-electron chi connectivity index (χ0n) is 17.2. The van der Waals surface area contributed by atoms with E-state index in [0.717, 1.165) is 12.1 Å². The number of carbonyl (C=O) groups excluding carboxylic acids is 2. The maximum absolute atomic E-state index is 13.2. The molecule has 2 aromatic rings. The van der Waals surface area contributed by atoms with E-state index in [1.165, 1.54) is 11.0 Å². The van der Waals surface area contributed by atoms with E-state index in [0.29, 0.717) is 22.7 Å². The van der Waals surface area contributed by atoms with Gasteiger partial charge in [0.2, 0.25) is 5.91 Å². The lowest BCUT2D eigenvalue weighted by atomic mass is 9.87. The molecule has 1 fully saturated rings. The van der Waals surface area contributed by atoms with E-state index in [9.17, 15) is 22.8 Å². The predicted octanol–water partition coefficient (Wildman–Crippen LogP) is 4.99. The van der Waals surface area contributed by atoms with Crippen LogP contribution >= 0.6 is 11.6 Å². The van der Waals surface area contributed by atoms with Crippen LogP contribution in [-0.2, 0) is 11.0 Å². The minimum absolute atomic E-state index is 0.131. The van der Waals surface area contributed by atoms with Crippen LogP contribution in [0.3, 0.4) is 0 Å². The van der Waals surface area contributed by atoms with Crippen LogP contribution in [0.2, 0.25) is 5.02 Å². The summed E-state index contributed by atoms with van der Waals surface area (Å²) in [6.45, 7) is 4.65. The molecule has 0 bridgehead atoms. The zero-order chi connectivity index (χ0) is 22.8. The number of rotatable bonds is 5. The molecule has 4 nitrogen and oxygen atoms in total. The lowest BCUT2D eigenvalue weighted by Gasteiger charge is -2.20. The van der Waals surface area contributed by atoms with E-state index < -0.39 is 23.6 Å². The fraction of sp³-hybridized carbons (Fsp3) is 0.391. The second-order valence-corrected chi connectivity index (χ2v) is 8.63. The summed E-state index contributed by atoms with van der Waals surface area (Å²) in [7, 11) is 0. The number of benzene rings is 2. The standard InChI is InChI=1S/C23H24ClF3N2O2/c1-14(2)11-28-21(30)20-13-29(22(31)15-6-8-18(24)9-7-15)12-19(20)16-4-3-5-17(10-16)23(25,26)27/h3-10,14,19-20H,11-13H2,1-2H3,(H,28,30). The van der Waals surface area contributed by atoms with Gasteiger partial charge in [-0.05, 0) is 41.8 Å². The van der Waals surface area contributed by atoms with Crippen LogP contribution in [0.15, 0.2) is 48.5 Å². The van der Waals surface area contributed by atoms with Gasteiger partial charge in [-0.2, -0.15) is 13.2 Å². The third kappa shape index (κ3) is 5.58. The van der Waals surface area contributed by atoms with Crippen molar-refractivity contribution >= 4 is 23.4 Å². The smallest absolute Gasteiger partial charge is 0.356 e. The lowest BCUT2D eigenvalue weighted by molar-refractivity contribution is -0.137. The van der Waals surface area contributed by atoms with Crippen LogP contribution in [0.1, 0.15) is 41.3 Å². The number of amides is 2. The van der Waals surface area contributed by atoms with Crippen molar-refractivity contribution < 1.29 is 22.8 Å². The van der Waals surface area contributed by atoms with E-state index in [2.05, 4.69) is 5.32 Å². The van der Waals surface area contributed by atoms with E-state index >= 15 is 0 Å². The van der Waals surface area contributed by atoms with Gasteiger partial charge in [0, 0.05) is 36.1 Å². The number of nitrogens with zero attached hydrogens (tertiary/aromatic N) is 1. The first-order chi connectivity index (χ1) is 14.6. The highest BCUT2D eigenvalue weighted by atomic mass is 35.5. The highest BCUT2D eigenvalue weighted by molar-refractivity contribution is 6.30. The molecule has 0 saturated carbocycles. The summed E-state index contributed by atoms with van der Waals surface area (Å²) in [6.07, 6.45) is -4.48. The summed E-state index contributed by atoms with van der Waals surface area (Å²) < 4.78 is 39.7. The molecule has 0 radical (unpaired) electrons. The number of nitrogens with one attached hydrogen (secondary N) is 1. The van der Waals surface area contributed by atoms with Crippen molar-refractivity contribution in [2.45, 2.75) is 25.9 Å². The van der Waals surface area contributed by atoms with Gasteiger partial charge in [-0.1, -0.05) is 43.6 Å². The van der Waals surface area contributed by atoms with Crippen LogP contribution in [0, 0.1) is 11.8 Å². The van der Waals surface area contributed by atoms with Gasteiger partial charge in [0.15, 0.2) is 0 Å². The Balaban J connectivity index is 1.89. The molecular formula is C23H24ClF3N2O2. The van der Waals surface area contributed by atoms with Gasteiger partial charge in [-0.3, -0.25) is 9.59 Å². The lowest BCUT2D eigenvalue weighted by Crippen LogP contribution is -2.37. The molecule has 1 N–H and O–H groups in total. The van der Waals surface area contributed by atoms with Gasteiger partial charge in [0.1, 0.15) is 0 Å². The molecule has 0 aliphatic carbocycles. The van der Waals surface area contributed by atoms with Gasteiger partial charge in [-0.15, -0.1) is 0 Å². The average molecular weight is 453 g/mol. The Kier molecular flexibility index (Phi) is 6.94. The molecule has 31 heavy (non-hydrogen) atoms. The van der Waals surface area contributed by atoms with Crippen molar-refractivity contribution in [3.63, 3.8) is 0 Å². The molecule has 2 unspecified atom stereocenters. The van der Waals surface area contributed by atoms with Gasteiger partial charge < -0.3 is 10.2 Å². The second-order valence-electron chi connectivity index (χ2n) is 8.19. The summed E-state index contributed by atoms with van der Waals surface area (Å²) in [5.41, 5.74) is 0.0372. The molecule has 3 rings (SSSR count). The summed E-state index contributed by atoms with van der Waals surface area (Å²) in [5, 5.41) is 3.35. The van der Waals surface area contributed by atoms with Crippen LogP contribution < -0.4 is 5.32 Å². The molecule has 1 aliphatic heterocycles. The van der Waals surface area contributed by atoms with E-state index in [1.807, 2.05) is 13.8 Å². The molecular weight excluding hydrogens is 429 g/mol. The summed E-state index contributed by atoms with van der Waals surface area (Å²) in [5.74, 6) is -1.50. The quantitative estimate of drug-likeness (QED) is 0.695. The van der Waals surface area contributed by atoms with Crippen molar-refractivity contribution in [3.05, 3.63) is 70.2 Å². The number of hydrogen-bond donors (Lipinski definition) is 1. The summed E-state index contributed by atoms with van der Waals surface area (Å²) in [6, 6.07) is 11.4. The Morgan fingerprint density at radius 1 is 1.13 bits per heavy atom. The maximum Gasteiger partial charge on any atom is 0.416 e. The van der Waals surface area contributed by atoms with Gasteiger partial charge in [0.05, 0.1) is 11.5 Å². The third-order valence-corrected chi connectivity index (χ3v) is 5.61. The topological polar surface area (TPSA) is 49.4 Å². The Hall–Kier alpha value is -2.54. The first kappa shape index (κ1) is 23.1. The Labute approximate surface area is 184 Å². The normalized spacial score (nSPS) is 19.0. The molecule has 2 amide bonds. The van der Waals surface area contributed by atoms with Gasteiger partial charge in [0.25, 0.3) is 5.91 Å². The molecule has 2 aromatic carbocycles. The van der Waals surface area contributed by atoms with Crippen LogP contribution in [-0.4, -0.2) is 36.3 Å². The molecule has 1 heterocycles. The molecule has 2 atom stereocenters. The van der Waals surface area contributed by atoms with Crippen molar-refractivity contribution in [1.82, 2.24) is 10.2 Å². The first-order valence-electron chi connectivity index (χ1n) is 10.1. The number of alkyl halides is 3. The number of likely N-dealkylation sites (tertiary alicyclic amines) is 1. The van der Waals surface area contributed by atoms with Crippen molar-refractivity contribution in [2.75, 3.05) is 19.6 Å². The Morgan fingerprint density at radius 3 is 2.42 bits per heavy atom. The van der Waals surface area contributed by atoms with Crippen LogP contribution in [0.4, 0.5) is 13.2 Å². The number of carbonyl (C=O) groups is 2. The van der Waals surface area contributed by atoms with Gasteiger partial charge in [-0.25, -0.2) is 0 Å². The number of halogens is 4. The Bertz CT molecular complexity index is 945. The molecule has 1 saturated heterocycles. The second kappa shape index (κ2) is 9.30. The van der Waals surface area contributed by atoms with Crippen molar-refractivity contribution in [2.24, 2.45) is 11.8 Å². The minimum Gasteiger partial charge on any atom is -0.356 e. The highest BCUT2D eigenvalue weighted by Crippen LogP contribution is 2.37. The van der Waals surface area contributed by atoms with Crippen LogP contribution in [0.5, 0.6) is 0 Å². The third-order valence-electron chi connectivity index (χ3n) is 5.36. The average Bonchev–Trinajstić information content (AvgIpc) is 3.17. The highest BCUT2D eigenvalue weighted by Gasteiger charge is 2.41. The maximum atomic E-state index is 13.2. The van der Waals surface area contributed by atoms with E-state index in [-0.39, 0.29) is 30.8 Å². The first-order valence-corrected chi connectivity index (χ1v) is 10.4. The minimum atomic E-state index is -4.48. The monoisotopic (exact) mass is 452 g/mol. The molecule has 166 valence electrons. The molecule has 0 spiro atoms. The Morgan fingerprint density at radius 2 is 1.81 bits per heavy atom. The number of hydrogen-bond acceptors (Lipinski definition) is 2.